The quantitative estimate of drug-likeness (QED) is 0.294. The van der Waals surface area contributed by atoms with Crippen LogP contribution >= 0.6 is 0 Å². The molecule has 0 aliphatic carbocycles. The number of hydrogen-bond acceptors (Lipinski definition) is 3. The molecule has 1 aromatic heterocycles. The molecule has 1 heterocycles. The van der Waals surface area contributed by atoms with Gasteiger partial charge in [-0.3, -0.25) is 0 Å². The topological polar surface area (TPSA) is 55.2 Å². The Bertz CT molecular complexity index is 1060. The third-order valence-electron chi connectivity index (χ3n) is 4.46. The van der Waals surface area contributed by atoms with E-state index in [1.807, 2.05) is 67.7 Å². The zero-order valence-electron chi connectivity index (χ0n) is 16.6. The number of ether oxygens (including phenoxy) is 1. The van der Waals surface area contributed by atoms with Crippen LogP contribution < -0.4 is 4.74 Å². The van der Waals surface area contributed by atoms with Crippen molar-refractivity contribution >= 4 is 6.08 Å². The van der Waals surface area contributed by atoms with Crippen molar-refractivity contribution in [3.05, 3.63) is 83.0 Å². The molecule has 0 atom stereocenters. The number of rotatable bonds is 7. The van der Waals surface area contributed by atoms with Gasteiger partial charge in [-0.2, -0.15) is 5.10 Å². The van der Waals surface area contributed by atoms with E-state index in [1.54, 1.807) is 10.8 Å². The molecular formula is C24H22N4O. The van der Waals surface area contributed by atoms with Gasteiger partial charge < -0.3 is 4.74 Å². The first kappa shape index (κ1) is 19.9. The Morgan fingerprint density at radius 2 is 1.93 bits per heavy atom. The number of unbranched alkanes of at least 4 members (excludes halogenated alkanes) is 1. The molecule has 144 valence electrons. The molecule has 3 rings (SSSR count). The van der Waals surface area contributed by atoms with Gasteiger partial charge in [-0.05, 0) is 55.8 Å². The summed E-state index contributed by atoms with van der Waals surface area (Å²) in [5.41, 5.74) is 4.43. The second-order valence-electron chi connectivity index (χ2n) is 6.69. The number of hydrogen-bond donors (Lipinski definition) is 0. The smallest absolute Gasteiger partial charge is 0.262 e. The lowest BCUT2D eigenvalue weighted by Crippen LogP contribution is -1.96. The van der Waals surface area contributed by atoms with Crippen LogP contribution in [0.4, 0.5) is 0 Å². The van der Waals surface area contributed by atoms with E-state index in [9.17, 15) is 0 Å². The average Bonchev–Trinajstić information content (AvgIpc) is 3.17. The summed E-state index contributed by atoms with van der Waals surface area (Å²) in [6.07, 6.45) is 5.53. The molecule has 0 spiro atoms. The van der Waals surface area contributed by atoms with Crippen LogP contribution in [0.3, 0.4) is 0 Å². The second kappa shape index (κ2) is 9.39. The van der Waals surface area contributed by atoms with Gasteiger partial charge in [0.1, 0.15) is 5.75 Å². The molecule has 0 unspecified atom stereocenters. The van der Waals surface area contributed by atoms with Crippen LogP contribution in [-0.4, -0.2) is 16.4 Å². The maximum absolute atomic E-state index is 9.17. The average molecular weight is 382 g/mol. The Hall–Kier alpha value is -3.83. The number of nitriles is 1. The van der Waals surface area contributed by atoms with Gasteiger partial charge in [-0.1, -0.05) is 31.0 Å². The Labute approximate surface area is 171 Å². The lowest BCUT2D eigenvalue weighted by atomic mass is 10.1. The summed E-state index contributed by atoms with van der Waals surface area (Å²) in [6, 6.07) is 17.7. The van der Waals surface area contributed by atoms with Crippen LogP contribution in [0.15, 0.2) is 60.4 Å². The molecule has 5 nitrogen and oxygen atoms in total. The van der Waals surface area contributed by atoms with E-state index in [-0.39, 0.29) is 5.70 Å². The minimum atomic E-state index is 0.0224. The maximum atomic E-state index is 9.17. The summed E-state index contributed by atoms with van der Waals surface area (Å²) in [4.78, 5) is 3.28. The number of benzene rings is 2. The number of aromatic nitrogens is 2. The predicted molar refractivity (Wildman–Crippen MR) is 114 cm³/mol. The predicted octanol–water partition coefficient (Wildman–Crippen LogP) is 5.81. The van der Waals surface area contributed by atoms with Crippen LogP contribution in [0.25, 0.3) is 27.9 Å². The van der Waals surface area contributed by atoms with Crippen molar-refractivity contribution in [2.45, 2.75) is 26.7 Å². The van der Waals surface area contributed by atoms with Gasteiger partial charge in [0.2, 0.25) is 0 Å². The zero-order valence-corrected chi connectivity index (χ0v) is 16.6. The van der Waals surface area contributed by atoms with Crippen molar-refractivity contribution in [1.29, 1.82) is 5.26 Å². The lowest BCUT2D eigenvalue weighted by molar-refractivity contribution is 0.309. The first-order valence-corrected chi connectivity index (χ1v) is 9.53. The molecule has 0 aliphatic rings. The second-order valence-corrected chi connectivity index (χ2v) is 6.69. The van der Waals surface area contributed by atoms with Crippen molar-refractivity contribution in [2.24, 2.45) is 0 Å². The summed E-state index contributed by atoms with van der Waals surface area (Å²) < 4.78 is 7.50. The largest absolute Gasteiger partial charge is 0.494 e. The fourth-order valence-electron chi connectivity index (χ4n) is 2.83. The fraction of sp³-hybridized carbons (Fsp3) is 0.208. The minimum absolute atomic E-state index is 0.0224. The van der Waals surface area contributed by atoms with E-state index < -0.39 is 0 Å². The number of aryl methyl sites for hydroxylation is 1. The summed E-state index contributed by atoms with van der Waals surface area (Å²) in [6.45, 7) is 12.0. The highest BCUT2D eigenvalue weighted by Gasteiger charge is 2.12. The van der Waals surface area contributed by atoms with Gasteiger partial charge >= 0.3 is 0 Å². The summed E-state index contributed by atoms with van der Waals surface area (Å²) in [7, 11) is 0. The highest BCUT2D eigenvalue weighted by molar-refractivity contribution is 5.75. The van der Waals surface area contributed by atoms with Crippen molar-refractivity contribution in [3.63, 3.8) is 0 Å². The molecule has 3 aromatic rings. The summed E-state index contributed by atoms with van der Waals surface area (Å²) in [5, 5.41) is 13.9. The lowest BCUT2D eigenvalue weighted by Gasteiger charge is -2.06. The van der Waals surface area contributed by atoms with E-state index in [1.165, 1.54) is 5.56 Å². The third kappa shape index (κ3) is 4.91. The Balaban J connectivity index is 2.00. The van der Waals surface area contributed by atoms with Crippen LogP contribution in [-0.2, 0) is 0 Å². The van der Waals surface area contributed by atoms with Gasteiger partial charge in [0.25, 0.3) is 5.70 Å². The van der Waals surface area contributed by atoms with Crippen molar-refractivity contribution in [3.8, 4) is 28.8 Å². The first-order chi connectivity index (χ1) is 14.1. The third-order valence-corrected chi connectivity index (χ3v) is 4.46. The fourth-order valence-corrected chi connectivity index (χ4v) is 2.83. The molecule has 0 fully saturated rings. The minimum Gasteiger partial charge on any atom is -0.494 e. The van der Waals surface area contributed by atoms with E-state index in [0.29, 0.717) is 12.3 Å². The van der Waals surface area contributed by atoms with Crippen LogP contribution in [0.2, 0.25) is 0 Å². The summed E-state index contributed by atoms with van der Waals surface area (Å²) >= 11 is 0. The van der Waals surface area contributed by atoms with Crippen molar-refractivity contribution < 1.29 is 4.74 Å². The molecule has 0 radical (unpaired) electrons. The van der Waals surface area contributed by atoms with Gasteiger partial charge in [-0.25, -0.2) is 14.8 Å². The monoisotopic (exact) mass is 382 g/mol. The van der Waals surface area contributed by atoms with Crippen LogP contribution in [0.5, 0.6) is 5.75 Å². The molecule has 0 amide bonds. The molecule has 0 aliphatic heterocycles. The van der Waals surface area contributed by atoms with E-state index in [4.69, 9.17) is 21.7 Å². The van der Waals surface area contributed by atoms with Crippen molar-refractivity contribution in [1.82, 2.24) is 9.78 Å². The van der Waals surface area contributed by atoms with Gasteiger partial charge in [0, 0.05) is 17.3 Å². The Kier molecular flexibility index (Phi) is 6.45. The molecule has 0 bridgehead atoms. The number of allylic oxidation sites excluding steroid dienone is 1. The molecular weight excluding hydrogens is 360 g/mol. The molecule has 0 saturated heterocycles. The Morgan fingerprint density at radius 3 is 2.55 bits per heavy atom. The number of nitrogens with zero attached hydrogens (tertiary/aromatic N) is 4. The SMILES string of the molecule is [C-]#[N+]/C(C#N)=C/c1cn(-c2ccc(C)cc2)nc1-c1ccc(OCCCC)cc1. The zero-order chi connectivity index (χ0) is 20.6. The van der Waals surface area contributed by atoms with Gasteiger partial charge in [0.15, 0.2) is 0 Å². The van der Waals surface area contributed by atoms with Crippen LogP contribution in [0.1, 0.15) is 30.9 Å². The van der Waals surface area contributed by atoms with Crippen molar-refractivity contribution in [2.75, 3.05) is 6.61 Å². The molecule has 5 heteroatoms. The van der Waals surface area contributed by atoms with E-state index >= 15 is 0 Å². The van der Waals surface area contributed by atoms with Crippen LogP contribution in [0, 0.1) is 24.8 Å². The highest BCUT2D eigenvalue weighted by Crippen LogP contribution is 2.28. The standard InChI is InChI=1S/C24H22N4O/c1-4-5-14-29-23-12-8-19(9-13-23)24-20(15-21(16-25)26-3)17-28(27-24)22-10-6-18(2)7-11-22/h6-13,15,17H,4-5,14H2,1-2H3/b21-15+. The van der Waals surface area contributed by atoms with Gasteiger partial charge in [0.05, 0.1) is 30.6 Å². The molecule has 29 heavy (non-hydrogen) atoms. The van der Waals surface area contributed by atoms with E-state index in [0.717, 1.165) is 35.4 Å². The normalized spacial score (nSPS) is 11.0. The van der Waals surface area contributed by atoms with Gasteiger partial charge in [-0.15, -0.1) is 0 Å². The van der Waals surface area contributed by atoms with E-state index in [2.05, 4.69) is 11.8 Å². The maximum Gasteiger partial charge on any atom is 0.262 e. The highest BCUT2D eigenvalue weighted by atomic mass is 16.5. The first-order valence-electron chi connectivity index (χ1n) is 9.53. The summed E-state index contributed by atoms with van der Waals surface area (Å²) in [5.74, 6) is 0.816. The molecule has 0 saturated carbocycles. The molecule has 2 aromatic carbocycles. The molecule has 0 N–H and O–H groups in total. The Morgan fingerprint density at radius 1 is 1.21 bits per heavy atom.